The molecule has 0 fully saturated rings. The number of hydrogen-bond donors (Lipinski definition) is 2. The highest BCUT2D eigenvalue weighted by molar-refractivity contribution is 5.67. The highest BCUT2D eigenvalue weighted by Gasteiger charge is 2.17. The van der Waals surface area contributed by atoms with Gasteiger partial charge in [0.25, 0.3) is 0 Å². The molecule has 0 aliphatic heterocycles. The normalized spacial score (nSPS) is 12.7. The molecule has 1 rings (SSSR count). The van der Waals surface area contributed by atoms with Crippen molar-refractivity contribution in [2.75, 3.05) is 13.7 Å². The minimum absolute atomic E-state index is 0.0616. The van der Waals surface area contributed by atoms with Crippen LogP contribution in [0, 0.1) is 0 Å². The lowest BCUT2D eigenvalue weighted by molar-refractivity contribution is 0.0506. The molecule has 0 radical (unpaired) electrons. The van der Waals surface area contributed by atoms with E-state index >= 15 is 0 Å². The smallest absolute Gasteiger partial charge is 0.407 e. The van der Waals surface area contributed by atoms with Gasteiger partial charge in [0.15, 0.2) is 0 Å². The second-order valence-corrected chi connectivity index (χ2v) is 6.71. The van der Waals surface area contributed by atoms with E-state index < -0.39 is 5.60 Å². The number of hydrogen-bond acceptors (Lipinski definition) is 4. The average Bonchev–Trinajstić information content (AvgIpc) is 2.43. The molecule has 130 valence electrons. The molecule has 0 saturated carbocycles. The molecule has 5 nitrogen and oxygen atoms in total. The predicted octanol–water partition coefficient (Wildman–Crippen LogP) is 3.23. The van der Waals surface area contributed by atoms with E-state index in [0.717, 1.165) is 19.5 Å². The maximum Gasteiger partial charge on any atom is 0.407 e. The molecule has 1 unspecified atom stereocenters. The molecule has 1 aromatic rings. The summed E-state index contributed by atoms with van der Waals surface area (Å²) in [5, 5.41) is 6.25. The van der Waals surface area contributed by atoms with Crippen molar-refractivity contribution in [3.63, 3.8) is 0 Å². The number of rotatable bonds is 8. The van der Waals surface area contributed by atoms with Crippen molar-refractivity contribution in [1.82, 2.24) is 10.6 Å². The van der Waals surface area contributed by atoms with E-state index in [1.165, 1.54) is 11.1 Å². The summed E-state index contributed by atoms with van der Waals surface area (Å²) in [6, 6.07) is 8.29. The van der Waals surface area contributed by atoms with E-state index in [1.807, 2.05) is 39.8 Å². The summed E-state index contributed by atoms with van der Waals surface area (Å²) in [6.45, 7) is 9.78. The Bertz CT molecular complexity index is 483. The molecule has 0 saturated heterocycles. The number of amides is 1. The van der Waals surface area contributed by atoms with Gasteiger partial charge >= 0.3 is 6.09 Å². The van der Waals surface area contributed by atoms with E-state index in [4.69, 9.17) is 9.47 Å². The molecule has 0 bridgehead atoms. The number of alkyl carbamates (subject to hydrolysis) is 1. The third-order valence-corrected chi connectivity index (χ3v) is 3.25. The number of nitrogens with one attached hydrogen (secondary N) is 2. The first-order valence-corrected chi connectivity index (χ1v) is 8.08. The van der Waals surface area contributed by atoms with Crippen LogP contribution in [0.2, 0.25) is 0 Å². The van der Waals surface area contributed by atoms with Crippen molar-refractivity contribution < 1.29 is 14.3 Å². The highest BCUT2D eigenvalue weighted by Crippen LogP contribution is 2.10. The van der Waals surface area contributed by atoms with E-state index in [-0.39, 0.29) is 12.1 Å². The van der Waals surface area contributed by atoms with Crippen molar-refractivity contribution in [3.05, 3.63) is 35.4 Å². The number of methoxy groups -OCH3 is 1. The fourth-order valence-electron chi connectivity index (χ4n) is 2.15. The Morgan fingerprint density at radius 3 is 2.48 bits per heavy atom. The molecule has 0 spiro atoms. The summed E-state index contributed by atoms with van der Waals surface area (Å²) in [7, 11) is 1.70. The van der Waals surface area contributed by atoms with Gasteiger partial charge in [0, 0.05) is 19.7 Å². The second kappa shape index (κ2) is 9.53. The molecule has 23 heavy (non-hydrogen) atoms. The van der Waals surface area contributed by atoms with Gasteiger partial charge in [-0.15, -0.1) is 0 Å². The Kier molecular flexibility index (Phi) is 8.06. The van der Waals surface area contributed by atoms with Gasteiger partial charge in [0.05, 0.1) is 6.61 Å². The minimum atomic E-state index is -0.465. The van der Waals surface area contributed by atoms with Gasteiger partial charge in [-0.1, -0.05) is 24.3 Å². The third-order valence-electron chi connectivity index (χ3n) is 3.25. The first-order valence-electron chi connectivity index (χ1n) is 8.08. The Morgan fingerprint density at radius 2 is 1.87 bits per heavy atom. The van der Waals surface area contributed by atoms with Crippen molar-refractivity contribution in [3.8, 4) is 0 Å². The number of benzene rings is 1. The highest BCUT2D eigenvalue weighted by atomic mass is 16.6. The molecule has 0 aliphatic rings. The first-order chi connectivity index (χ1) is 10.8. The molecule has 1 atom stereocenters. The SMILES string of the molecule is COCc1ccccc1CNCCC(C)NC(=O)OC(C)(C)C. The standard InChI is InChI=1S/C18H30N2O3/c1-14(20-17(21)23-18(2,3)4)10-11-19-12-15-8-6-7-9-16(15)13-22-5/h6-9,14,19H,10-13H2,1-5H3,(H,20,21). The summed E-state index contributed by atoms with van der Waals surface area (Å²) in [4.78, 5) is 11.7. The van der Waals surface area contributed by atoms with Crippen LogP contribution in [-0.2, 0) is 22.6 Å². The molecular formula is C18H30N2O3. The molecule has 5 heteroatoms. The quantitative estimate of drug-likeness (QED) is 0.722. The summed E-state index contributed by atoms with van der Waals surface area (Å²) < 4.78 is 10.4. The van der Waals surface area contributed by atoms with Crippen LogP contribution < -0.4 is 10.6 Å². The number of carbonyl (C=O) groups excluding carboxylic acids is 1. The second-order valence-electron chi connectivity index (χ2n) is 6.71. The summed E-state index contributed by atoms with van der Waals surface area (Å²) >= 11 is 0. The average molecular weight is 322 g/mol. The summed E-state index contributed by atoms with van der Waals surface area (Å²) in [6.07, 6.45) is 0.474. The van der Waals surface area contributed by atoms with E-state index in [2.05, 4.69) is 22.8 Å². The molecule has 1 amide bonds. The van der Waals surface area contributed by atoms with Crippen LogP contribution in [0.25, 0.3) is 0 Å². The van der Waals surface area contributed by atoms with Gasteiger partial charge in [0.2, 0.25) is 0 Å². The van der Waals surface area contributed by atoms with Crippen LogP contribution in [-0.4, -0.2) is 31.4 Å². The fraction of sp³-hybridized carbons (Fsp3) is 0.611. The molecule has 0 aromatic heterocycles. The van der Waals surface area contributed by atoms with Gasteiger partial charge in [-0.05, 0) is 51.8 Å². The van der Waals surface area contributed by atoms with Crippen LogP contribution in [0.1, 0.15) is 45.2 Å². The molecule has 1 aromatic carbocycles. The first kappa shape index (κ1) is 19.5. The van der Waals surface area contributed by atoms with Crippen LogP contribution in [0.5, 0.6) is 0 Å². The predicted molar refractivity (Wildman–Crippen MR) is 92.3 cm³/mol. The number of carbonyl (C=O) groups is 1. The van der Waals surface area contributed by atoms with Crippen LogP contribution in [0.4, 0.5) is 4.79 Å². The zero-order chi connectivity index (χ0) is 17.3. The fourth-order valence-corrected chi connectivity index (χ4v) is 2.15. The Labute approximate surface area is 139 Å². The lowest BCUT2D eigenvalue weighted by Crippen LogP contribution is -2.38. The van der Waals surface area contributed by atoms with Crippen LogP contribution in [0.15, 0.2) is 24.3 Å². The minimum Gasteiger partial charge on any atom is -0.444 e. The maximum absolute atomic E-state index is 11.7. The zero-order valence-corrected chi connectivity index (χ0v) is 14.9. The van der Waals surface area contributed by atoms with E-state index in [1.54, 1.807) is 7.11 Å². The lowest BCUT2D eigenvalue weighted by Gasteiger charge is -2.22. The zero-order valence-electron chi connectivity index (χ0n) is 14.9. The lowest BCUT2D eigenvalue weighted by atomic mass is 10.1. The van der Waals surface area contributed by atoms with Crippen molar-refractivity contribution in [2.45, 2.75) is 58.9 Å². The van der Waals surface area contributed by atoms with Crippen molar-refractivity contribution >= 4 is 6.09 Å². The maximum atomic E-state index is 11.7. The Balaban J connectivity index is 2.28. The van der Waals surface area contributed by atoms with Gasteiger partial charge in [0.1, 0.15) is 5.60 Å². The largest absolute Gasteiger partial charge is 0.444 e. The Hall–Kier alpha value is -1.59. The molecule has 0 heterocycles. The number of ether oxygens (including phenoxy) is 2. The van der Waals surface area contributed by atoms with Gasteiger partial charge in [-0.25, -0.2) is 4.79 Å². The van der Waals surface area contributed by atoms with Gasteiger partial charge in [-0.2, -0.15) is 0 Å². The van der Waals surface area contributed by atoms with Crippen molar-refractivity contribution in [2.24, 2.45) is 0 Å². The monoisotopic (exact) mass is 322 g/mol. The van der Waals surface area contributed by atoms with E-state index in [0.29, 0.717) is 6.61 Å². The summed E-state index contributed by atoms with van der Waals surface area (Å²) in [5.41, 5.74) is 1.97. The molecule has 0 aliphatic carbocycles. The molecule has 2 N–H and O–H groups in total. The molecular weight excluding hydrogens is 292 g/mol. The van der Waals surface area contributed by atoms with Gasteiger partial charge < -0.3 is 20.1 Å². The third kappa shape index (κ3) is 8.57. The van der Waals surface area contributed by atoms with Crippen molar-refractivity contribution in [1.29, 1.82) is 0 Å². The summed E-state index contributed by atoms with van der Waals surface area (Å²) in [5.74, 6) is 0. The topological polar surface area (TPSA) is 59.6 Å². The Morgan fingerprint density at radius 1 is 1.22 bits per heavy atom. The van der Waals surface area contributed by atoms with Crippen LogP contribution >= 0.6 is 0 Å². The van der Waals surface area contributed by atoms with Gasteiger partial charge in [-0.3, -0.25) is 0 Å². The van der Waals surface area contributed by atoms with E-state index in [9.17, 15) is 4.79 Å². The van der Waals surface area contributed by atoms with Crippen LogP contribution in [0.3, 0.4) is 0 Å².